The molecule has 0 saturated carbocycles. The summed E-state index contributed by atoms with van der Waals surface area (Å²) in [6.07, 6.45) is 3.02. The van der Waals surface area contributed by atoms with Crippen molar-refractivity contribution in [2.24, 2.45) is 4.99 Å². The largest absolute Gasteiger partial charge is 0.496 e. The molecule has 0 saturated heterocycles. The number of aromatic nitrogens is 1. The van der Waals surface area contributed by atoms with Crippen molar-refractivity contribution in [2.45, 2.75) is 32.7 Å². The molecule has 1 aliphatic rings. The quantitative estimate of drug-likeness (QED) is 0.183. The smallest absolute Gasteiger partial charge is 0.338 e. The Bertz CT molecular complexity index is 2070. The molecule has 0 amide bonds. The maximum Gasteiger partial charge on any atom is 0.338 e. The molecule has 2 aromatic heterocycles. The van der Waals surface area contributed by atoms with E-state index in [4.69, 9.17) is 30.5 Å². The summed E-state index contributed by atoms with van der Waals surface area (Å²) in [5.74, 6) is 1.21. The maximum absolute atomic E-state index is 14.3. The number of carbonyl (C=O) groups excluding carboxylic acids is 1. The van der Waals surface area contributed by atoms with E-state index in [1.165, 1.54) is 11.3 Å². The number of methoxy groups -OCH3 is 1. The van der Waals surface area contributed by atoms with E-state index in [0.29, 0.717) is 54.9 Å². The third-order valence-electron chi connectivity index (χ3n) is 7.33. The van der Waals surface area contributed by atoms with E-state index in [9.17, 15) is 9.59 Å². The minimum absolute atomic E-state index is 0.193. The zero-order valence-corrected chi connectivity index (χ0v) is 25.5. The Morgan fingerprint density at radius 3 is 2.70 bits per heavy atom. The fourth-order valence-corrected chi connectivity index (χ4v) is 6.68. The highest BCUT2D eigenvalue weighted by Gasteiger charge is 2.37. The van der Waals surface area contributed by atoms with Crippen LogP contribution in [0, 0.1) is 0 Å². The number of esters is 1. The van der Waals surface area contributed by atoms with Crippen molar-refractivity contribution in [3.05, 3.63) is 120 Å². The highest BCUT2D eigenvalue weighted by molar-refractivity contribution is 7.07. The predicted octanol–water partition coefficient (Wildman–Crippen LogP) is 6.65. The first kappa shape index (κ1) is 28.7. The molecular weight excluding hydrogens is 584 g/mol. The van der Waals surface area contributed by atoms with Gasteiger partial charge in [-0.2, -0.15) is 0 Å². The van der Waals surface area contributed by atoms with E-state index in [2.05, 4.69) is 0 Å². The molecule has 0 bridgehead atoms. The van der Waals surface area contributed by atoms with Gasteiger partial charge in [0.25, 0.3) is 5.56 Å². The van der Waals surface area contributed by atoms with Gasteiger partial charge >= 0.3 is 5.97 Å². The van der Waals surface area contributed by atoms with Crippen LogP contribution in [0.3, 0.4) is 0 Å². The highest BCUT2D eigenvalue weighted by atomic mass is 35.5. The summed E-state index contributed by atoms with van der Waals surface area (Å²) >= 11 is 7.43. The second-order valence-electron chi connectivity index (χ2n) is 10.0. The van der Waals surface area contributed by atoms with Crippen molar-refractivity contribution < 1.29 is 18.7 Å². The summed E-state index contributed by atoms with van der Waals surface area (Å²) in [6.45, 7) is 3.99. The van der Waals surface area contributed by atoms with Gasteiger partial charge in [-0.1, -0.05) is 78.7 Å². The number of fused-ring (bicyclic) bond motifs is 2. The van der Waals surface area contributed by atoms with Gasteiger partial charge in [-0.05, 0) is 54.4 Å². The van der Waals surface area contributed by atoms with Crippen molar-refractivity contribution in [3.8, 4) is 17.1 Å². The van der Waals surface area contributed by atoms with E-state index in [0.717, 1.165) is 22.8 Å². The fraction of sp³-hybridized carbons (Fsp3) is 0.206. The minimum atomic E-state index is -0.807. The van der Waals surface area contributed by atoms with E-state index in [-0.39, 0.29) is 12.2 Å². The average molecular weight is 613 g/mol. The van der Waals surface area contributed by atoms with Crippen LogP contribution in [-0.2, 0) is 9.53 Å². The number of benzene rings is 3. The predicted molar refractivity (Wildman–Crippen MR) is 169 cm³/mol. The summed E-state index contributed by atoms with van der Waals surface area (Å²) in [5, 5.41) is 2.44. The van der Waals surface area contributed by atoms with E-state index >= 15 is 0 Å². The molecule has 7 nitrogen and oxygen atoms in total. The first-order chi connectivity index (χ1) is 20.9. The second kappa shape index (κ2) is 12.1. The molecule has 0 N–H and O–H groups in total. The summed E-state index contributed by atoms with van der Waals surface area (Å²) in [4.78, 5) is 33.3. The molecule has 43 heavy (non-hydrogen) atoms. The van der Waals surface area contributed by atoms with Crippen LogP contribution in [0.1, 0.15) is 44.1 Å². The van der Waals surface area contributed by atoms with Crippen LogP contribution in [0.25, 0.3) is 28.2 Å². The number of furan rings is 1. The van der Waals surface area contributed by atoms with Crippen LogP contribution in [0.5, 0.6) is 5.75 Å². The van der Waals surface area contributed by atoms with Crippen molar-refractivity contribution >= 4 is 45.8 Å². The lowest BCUT2D eigenvalue weighted by Gasteiger charge is -2.28. The highest BCUT2D eigenvalue weighted by Crippen LogP contribution is 2.41. The van der Waals surface area contributed by atoms with Crippen LogP contribution >= 0.6 is 22.9 Å². The first-order valence-corrected chi connectivity index (χ1v) is 15.3. The van der Waals surface area contributed by atoms with Crippen molar-refractivity contribution in [1.82, 2.24) is 4.57 Å². The number of allylic oxidation sites excluding steroid dienone is 1. The molecule has 6 rings (SSSR count). The number of hydrogen-bond acceptors (Lipinski definition) is 7. The topological polar surface area (TPSA) is 83.0 Å². The number of carbonyl (C=O) groups is 1. The van der Waals surface area contributed by atoms with Gasteiger partial charge < -0.3 is 13.9 Å². The minimum Gasteiger partial charge on any atom is -0.496 e. The van der Waals surface area contributed by atoms with Gasteiger partial charge in [0.1, 0.15) is 23.3 Å². The normalized spacial score (nSPS) is 15.0. The van der Waals surface area contributed by atoms with Crippen molar-refractivity contribution in [3.63, 3.8) is 0 Å². The number of nitrogens with zero attached hydrogens (tertiary/aromatic N) is 2. The molecule has 1 atom stereocenters. The molecule has 0 aliphatic carbocycles. The Balaban J connectivity index is 1.60. The zero-order valence-electron chi connectivity index (χ0n) is 23.9. The number of halogens is 1. The Morgan fingerprint density at radius 1 is 1.09 bits per heavy atom. The molecule has 0 unspecified atom stereocenters. The third-order valence-corrected chi connectivity index (χ3v) is 8.54. The van der Waals surface area contributed by atoms with E-state index in [1.807, 2.05) is 73.7 Å². The summed E-state index contributed by atoms with van der Waals surface area (Å²) in [6, 6.07) is 21.9. The second-order valence-corrected chi connectivity index (χ2v) is 11.5. The Kier molecular flexibility index (Phi) is 8.06. The molecule has 1 aliphatic heterocycles. The van der Waals surface area contributed by atoms with Crippen LogP contribution in [0.2, 0.25) is 5.02 Å². The van der Waals surface area contributed by atoms with Gasteiger partial charge in [0, 0.05) is 22.2 Å². The fourth-order valence-electron chi connectivity index (χ4n) is 5.49. The molecule has 0 spiro atoms. The van der Waals surface area contributed by atoms with Crippen LogP contribution in [-0.4, -0.2) is 24.3 Å². The number of ether oxygens (including phenoxy) is 2. The summed E-state index contributed by atoms with van der Waals surface area (Å²) in [7, 11) is 1.59. The van der Waals surface area contributed by atoms with Crippen LogP contribution in [0.4, 0.5) is 0 Å². The molecule has 9 heteroatoms. The summed E-state index contributed by atoms with van der Waals surface area (Å²) in [5.41, 5.74) is 2.20. The molecule has 0 fully saturated rings. The molecule has 3 heterocycles. The van der Waals surface area contributed by atoms with Crippen LogP contribution in [0.15, 0.2) is 98.3 Å². The van der Waals surface area contributed by atoms with E-state index < -0.39 is 12.0 Å². The monoisotopic (exact) mass is 612 g/mol. The number of rotatable bonds is 8. The number of hydrogen-bond donors (Lipinski definition) is 0. The molecule has 5 aromatic rings. The van der Waals surface area contributed by atoms with Gasteiger partial charge in [0.15, 0.2) is 4.80 Å². The van der Waals surface area contributed by atoms with Gasteiger partial charge in [-0.3, -0.25) is 9.36 Å². The molecule has 0 radical (unpaired) electrons. The van der Waals surface area contributed by atoms with Gasteiger partial charge in [-0.25, -0.2) is 9.79 Å². The van der Waals surface area contributed by atoms with Crippen molar-refractivity contribution in [2.75, 3.05) is 13.7 Å². The SMILES string of the molecule is CCCC1=C(C(=O)OCC)[C@H](c2c(OC)ccc3ccccc23)n2c(s/c(=C/c3ccc(-c4cccc(Cl)c4)o3)c2=O)=N1. The lowest BCUT2D eigenvalue weighted by atomic mass is 9.90. The third kappa shape index (κ3) is 5.32. The average Bonchev–Trinajstić information content (AvgIpc) is 3.60. The Hall–Kier alpha value is -4.40. The first-order valence-electron chi connectivity index (χ1n) is 14.1. The Morgan fingerprint density at radius 2 is 1.93 bits per heavy atom. The molecular formula is C34H29ClN2O5S. The maximum atomic E-state index is 14.3. The zero-order chi connectivity index (χ0) is 30.1. The van der Waals surface area contributed by atoms with Gasteiger partial charge in [-0.15, -0.1) is 0 Å². The van der Waals surface area contributed by atoms with Crippen LogP contribution < -0.4 is 19.6 Å². The van der Waals surface area contributed by atoms with Crippen molar-refractivity contribution in [1.29, 1.82) is 0 Å². The van der Waals surface area contributed by atoms with E-state index in [1.54, 1.807) is 30.7 Å². The summed E-state index contributed by atoms with van der Waals surface area (Å²) < 4.78 is 19.5. The molecule has 3 aromatic carbocycles. The Labute approximate surface area is 257 Å². The molecule has 218 valence electrons. The van der Waals surface area contributed by atoms with Gasteiger partial charge in [0.05, 0.1) is 29.5 Å². The lowest BCUT2D eigenvalue weighted by molar-refractivity contribution is -0.139. The number of thiazole rings is 1. The standard InChI is InChI=1S/C34H29ClN2O5S/c1-4-9-25-30(33(39)41-5-2)31(29-24-13-7-6-10-20(24)14-16-27(29)40-3)37-32(38)28(43-34(37)36-25)19-23-15-17-26(42-23)21-11-8-12-22(35)18-21/h6-8,10-19,31H,4-5,9H2,1-3H3/b28-19+/t31-/m0/s1. The lowest BCUT2D eigenvalue weighted by Crippen LogP contribution is -2.40. The van der Waals surface area contributed by atoms with Gasteiger partial charge in [0.2, 0.25) is 0 Å².